The van der Waals surface area contributed by atoms with Crippen LogP contribution < -0.4 is 5.32 Å². The van der Waals surface area contributed by atoms with Gasteiger partial charge in [-0.1, -0.05) is 0 Å². The molecule has 0 aromatic rings. The molecule has 22 heavy (non-hydrogen) atoms. The Kier molecular flexibility index (Phi) is 4.74. The molecule has 2 aliphatic heterocycles. The summed E-state index contributed by atoms with van der Waals surface area (Å²) in [6.07, 6.45) is -1.69. The topological polar surface area (TPSA) is 94.2 Å². The van der Waals surface area contributed by atoms with Crippen LogP contribution in [-0.4, -0.2) is 59.2 Å². The Bertz CT molecular complexity index is 478. The minimum Gasteiger partial charge on any atom is -0.444 e. The van der Waals surface area contributed by atoms with Crippen LogP contribution in [0, 0.1) is 0 Å². The molecule has 2 fully saturated rings. The predicted molar refractivity (Wildman–Crippen MR) is 78.1 cm³/mol. The van der Waals surface area contributed by atoms with E-state index in [4.69, 9.17) is 9.47 Å². The molecule has 1 N–H and O–H groups in total. The zero-order valence-electron chi connectivity index (χ0n) is 13.0. The summed E-state index contributed by atoms with van der Waals surface area (Å²) in [5.41, 5.74) is -0.632. The molecule has 2 amide bonds. The maximum atomic E-state index is 12.4. The summed E-state index contributed by atoms with van der Waals surface area (Å²) < 4.78 is 14.6. The van der Waals surface area contributed by atoms with Crippen molar-refractivity contribution < 1.29 is 28.6 Å². The Labute approximate surface area is 132 Å². The summed E-state index contributed by atoms with van der Waals surface area (Å²) in [4.78, 5) is 36.8. The van der Waals surface area contributed by atoms with Crippen LogP contribution in [0.1, 0.15) is 27.2 Å². The molecule has 0 saturated carbocycles. The number of hydrogen-bond acceptors (Lipinski definition) is 7. The summed E-state index contributed by atoms with van der Waals surface area (Å²) in [5.74, 6) is 0.208. The molecule has 2 rings (SSSR count). The third-order valence-corrected chi connectivity index (χ3v) is 4.41. The van der Waals surface area contributed by atoms with E-state index in [1.807, 2.05) is 0 Å². The molecule has 1 unspecified atom stereocenters. The SMILES string of the molecule is COC(=O)O[C@@H]1CSC2C[C@@H](NC(=O)OC(C)(C)C)C(=O)N21. The summed E-state index contributed by atoms with van der Waals surface area (Å²) in [6, 6.07) is -0.670. The zero-order chi connectivity index (χ0) is 16.5. The van der Waals surface area contributed by atoms with Gasteiger partial charge in [0.05, 0.1) is 18.2 Å². The summed E-state index contributed by atoms with van der Waals surface area (Å²) in [7, 11) is 1.21. The molecule has 0 radical (unpaired) electrons. The lowest BCUT2D eigenvalue weighted by Gasteiger charge is -2.23. The molecule has 2 heterocycles. The maximum absolute atomic E-state index is 12.4. The molecule has 0 aliphatic carbocycles. The smallest absolute Gasteiger partial charge is 0.444 e. The van der Waals surface area contributed by atoms with E-state index in [1.54, 1.807) is 20.8 Å². The van der Waals surface area contributed by atoms with Crippen LogP contribution in [0.25, 0.3) is 0 Å². The van der Waals surface area contributed by atoms with Gasteiger partial charge in [-0.25, -0.2) is 9.59 Å². The van der Waals surface area contributed by atoms with Crippen molar-refractivity contribution in [2.45, 2.75) is 50.4 Å². The standard InChI is InChI=1S/C13H20N2O6S/c1-13(2,3)21-11(17)14-7-5-9-15(10(7)16)8(6-22-9)20-12(18)19-4/h7-9H,5-6H2,1-4H3,(H,14,17)/t7-,8-,9?/m1/s1. The Morgan fingerprint density at radius 1 is 1.36 bits per heavy atom. The zero-order valence-corrected chi connectivity index (χ0v) is 13.8. The van der Waals surface area contributed by atoms with Gasteiger partial charge in [0.15, 0.2) is 6.23 Å². The first-order chi connectivity index (χ1) is 10.2. The highest BCUT2D eigenvalue weighted by molar-refractivity contribution is 8.00. The first kappa shape index (κ1) is 16.7. The van der Waals surface area contributed by atoms with Crippen molar-refractivity contribution in [1.29, 1.82) is 0 Å². The number of methoxy groups -OCH3 is 1. The number of thioether (sulfide) groups is 1. The molecule has 2 aliphatic rings. The number of carbonyl (C=O) groups excluding carboxylic acids is 3. The number of amides is 2. The molecule has 9 heteroatoms. The minimum absolute atomic E-state index is 0.123. The fraction of sp³-hybridized carbons (Fsp3) is 0.769. The summed E-state index contributed by atoms with van der Waals surface area (Å²) >= 11 is 1.50. The highest BCUT2D eigenvalue weighted by atomic mass is 32.2. The van der Waals surface area contributed by atoms with E-state index in [0.717, 1.165) is 0 Å². The monoisotopic (exact) mass is 332 g/mol. The summed E-state index contributed by atoms with van der Waals surface area (Å²) in [5, 5.41) is 2.44. The molecule has 0 bridgehead atoms. The van der Waals surface area contributed by atoms with Gasteiger partial charge in [0.1, 0.15) is 11.6 Å². The van der Waals surface area contributed by atoms with E-state index in [1.165, 1.54) is 23.8 Å². The van der Waals surface area contributed by atoms with Crippen molar-refractivity contribution in [3.63, 3.8) is 0 Å². The minimum atomic E-state index is -0.831. The lowest BCUT2D eigenvalue weighted by molar-refractivity contribution is -0.137. The largest absolute Gasteiger partial charge is 0.509 e. The fourth-order valence-corrected chi connectivity index (χ4v) is 3.65. The van der Waals surface area contributed by atoms with E-state index >= 15 is 0 Å². The van der Waals surface area contributed by atoms with Gasteiger partial charge in [-0.15, -0.1) is 11.8 Å². The van der Waals surface area contributed by atoms with Crippen LogP contribution in [-0.2, 0) is 19.0 Å². The van der Waals surface area contributed by atoms with Gasteiger partial charge >= 0.3 is 12.2 Å². The van der Waals surface area contributed by atoms with E-state index in [9.17, 15) is 14.4 Å². The van der Waals surface area contributed by atoms with E-state index < -0.39 is 30.1 Å². The highest BCUT2D eigenvalue weighted by Gasteiger charge is 2.49. The van der Waals surface area contributed by atoms with Gasteiger partial charge in [0, 0.05) is 6.42 Å². The number of ether oxygens (including phenoxy) is 3. The predicted octanol–water partition coefficient (Wildman–Crippen LogP) is 1.29. The first-order valence-electron chi connectivity index (χ1n) is 6.89. The maximum Gasteiger partial charge on any atom is 0.509 e. The van der Waals surface area contributed by atoms with Crippen LogP contribution >= 0.6 is 11.8 Å². The number of rotatable bonds is 2. The van der Waals surface area contributed by atoms with Gasteiger partial charge in [-0.05, 0) is 20.8 Å². The normalized spacial score (nSPS) is 27.4. The molecule has 2 saturated heterocycles. The van der Waals surface area contributed by atoms with Crippen molar-refractivity contribution in [2.24, 2.45) is 0 Å². The molecule has 0 spiro atoms. The number of fused-ring (bicyclic) bond motifs is 1. The molecule has 0 aromatic heterocycles. The quantitative estimate of drug-likeness (QED) is 0.762. The summed E-state index contributed by atoms with van der Waals surface area (Å²) in [6.45, 7) is 5.24. The van der Waals surface area contributed by atoms with Crippen LogP contribution in [0.3, 0.4) is 0 Å². The van der Waals surface area contributed by atoms with Crippen LogP contribution in [0.4, 0.5) is 9.59 Å². The van der Waals surface area contributed by atoms with E-state index in [-0.39, 0.29) is 11.3 Å². The van der Waals surface area contributed by atoms with Crippen LogP contribution in [0.15, 0.2) is 0 Å². The lowest BCUT2D eigenvalue weighted by atomic mass is 10.2. The van der Waals surface area contributed by atoms with Gasteiger partial charge in [0.25, 0.3) is 0 Å². The second kappa shape index (κ2) is 6.23. The van der Waals surface area contributed by atoms with Crippen molar-refractivity contribution in [1.82, 2.24) is 10.2 Å². The van der Waals surface area contributed by atoms with Crippen LogP contribution in [0.5, 0.6) is 0 Å². The third-order valence-electron chi connectivity index (χ3n) is 3.13. The van der Waals surface area contributed by atoms with Gasteiger partial charge in [0.2, 0.25) is 5.91 Å². The number of nitrogens with zero attached hydrogens (tertiary/aromatic N) is 1. The molecule has 3 atom stereocenters. The Morgan fingerprint density at radius 3 is 2.64 bits per heavy atom. The molecular weight excluding hydrogens is 312 g/mol. The Balaban J connectivity index is 1.95. The fourth-order valence-electron chi connectivity index (χ4n) is 2.31. The average molecular weight is 332 g/mol. The number of alkyl carbamates (subject to hydrolysis) is 1. The lowest BCUT2D eigenvalue weighted by Crippen LogP contribution is -2.46. The van der Waals surface area contributed by atoms with Gasteiger partial charge in [-0.3, -0.25) is 9.69 Å². The van der Waals surface area contributed by atoms with E-state index in [0.29, 0.717) is 12.2 Å². The Hall–Kier alpha value is -1.64. The third kappa shape index (κ3) is 3.76. The highest BCUT2D eigenvalue weighted by Crippen LogP contribution is 2.38. The number of nitrogens with one attached hydrogen (secondary N) is 1. The first-order valence-corrected chi connectivity index (χ1v) is 7.94. The van der Waals surface area contributed by atoms with Crippen molar-refractivity contribution >= 4 is 29.9 Å². The molecule has 124 valence electrons. The van der Waals surface area contributed by atoms with Gasteiger partial charge in [-0.2, -0.15) is 0 Å². The number of carbonyl (C=O) groups is 3. The molecular formula is C13H20N2O6S. The Morgan fingerprint density at radius 2 is 2.05 bits per heavy atom. The molecule has 0 aromatic carbocycles. The molecule has 8 nitrogen and oxygen atoms in total. The second-order valence-corrected chi connectivity index (χ2v) is 7.21. The van der Waals surface area contributed by atoms with Gasteiger partial charge < -0.3 is 19.5 Å². The van der Waals surface area contributed by atoms with E-state index in [2.05, 4.69) is 10.1 Å². The average Bonchev–Trinajstić information content (AvgIpc) is 2.90. The van der Waals surface area contributed by atoms with Crippen molar-refractivity contribution in [3.8, 4) is 0 Å². The van der Waals surface area contributed by atoms with Crippen molar-refractivity contribution in [2.75, 3.05) is 12.9 Å². The van der Waals surface area contributed by atoms with Crippen LogP contribution in [0.2, 0.25) is 0 Å². The second-order valence-electron chi connectivity index (χ2n) is 5.99. The van der Waals surface area contributed by atoms with Crippen molar-refractivity contribution in [3.05, 3.63) is 0 Å². The number of hydrogen-bond donors (Lipinski definition) is 1.